The van der Waals surface area contributed by atoms with Crippen molar-refractivity contribution in [3.63, 3.8) is 0 Å². The van der Waals surface area contributed by atoms with Crippen LogP contribution in [-0.2, 0) is 19.2 Å². The molecule has 1 aliphatic heterocycles. The molecule has 0 unspecified atom stereocenters. The van der Waals surface area contributed by atoms with Gasteiger partial charge in [0, 0.05) is 65.0 Å². The molecule has 0 bridgehead atoms. The molecule has 0 aliphatic carbocycles. The summed E-state index contributed by atoms with van der Waals surface area (Å²) in [5, 5.41) is 0. The van der Waals surface area contributed by atoms with E-state index in [0.717, 1.165) is 0 Å². The van der Waals surface area contributed by atoms with E-state index < -0.39 is 23.9 Å². The third-order valence-corrected chi connectivity index (χ3v) is 5.25. The Kier molecular flexibility index (Phi) is 8.79. The van der Waals surface area contributed by atoms with Crippen LogP contribution in [0.15, 0.2) is 36.4 Å². The Morgan fingerprint density at radius 2 is 0.789 bits per heavy atom. The second kappa shape index (κ2) is 12.0. The third-order valence-electron chi connectivity index (χ3n) is 5.25. The number of nitrogens with zero attached hydrogens (tertiary/aromatic N) is 2. The predicted octanol–water partition coefficient (Wildman–Crippen LogP) is 1.99. The molecular weight excluding hydrogens is 500 g/mol. The summed E-state index contributed by atoms with van der Waals surface area (Å²) < 4.78 is 20.2. The average molecular weight is 526 g/mol. The van der Waals surface area contributed by atoms with E-state index in [1.54, 1.807) is 0 Å². The van der Waals surface area contributed by atoms with Crippen molar-refractivity contribution in [3.8, 4) is 23.0 Å². The number of esters is 4. The molecular formula is C26H26N2O10. The van der Waals surface area contributed by atoms with E-state index in [1.807, 2.05) is 0 Å². The first kappa shape index (κ1) is 27.8. The fourth-order valence-corrected chi connectivity index (χ4v) is 3.71. The molecule has 1 fully saturated rings. The van der Waals surface area contributed by atoms with Crippen LogP contribution in [0, 0.1) is 0 Å². The maximum absolute atomic E-state index is 13.1. The van der Waals surface area contributed by atoms with Crippen LogP contribution in [0.25, 0.3) is 0 Å². The molecule has 0 spiro atoms. The van der Waals surface area contributed by atoms with Crippen LogP contribution in [0.1, 0.15) is 48.4 Å². The normalized spacial score (nSPS) is 12.8. The highest BCUT2D eigenvalue weighted by molar-refractivity contribution is 5.97. The van der Waals surface area contributed by atoms with Gasteiger partial charge >= 0.3 is 23.9 Å². The molecule has 200 valence electrons. The monoisotopic (exact) mass is 526 g/mol. The van der Waals surface area contributed by atoms with E-state index in [9.17, 15) is 28.8 Å². The van der Waals surface area contributed by atoms with Crippen molar-refractivity contribution in [1.29, 1.82) is 0 Å². The summed E-state index contributed by atoms with van der Waals surface area (Å²) in [5.74, 6) is -3.34. The quantitative estimate of drug-likeness (QED) is 0.404. The van der Waals surface area contributed by atoms with Gasteiger partial charge in [0.1, 0.15) is 0 Å². The van der Waals surface area contributed by atoms with Crippen LogP contribution in [0.2, 0.25) is 0 Å². The molecule has 0 N–H and O–H groups in total. The van der Waals surface area contributed by atoms with Crippen LogP contribution in [0.3, 0.4) is 0 Å². The maximum atomic E-state index is 13.1. The lowest BCUT2D eigenvalue weighted by atomic mass is 10.1. The zero-order valence-corrected chi connectivity index (χ0v) is 21.3. The maximum Gasteiger partial charge on any atom is 0.308 e. The zero-order chi connectivity index (χ0) is 28.0. The van der Waals surface area contributed by atoms with Crippen LogP contribution >= 0.6 is 0 Å². The highest BCUT2D eigenvalue weighted by atomic mass is 16.6. The number of amides is 2. The Bertz CT molecular complexity index is 1200. The highest BCUT2D eigenvalue weighted by Crippen LogP contribution is 2.31. The van der Waals surface area contributed by atoms with Crippen molar-refractivity contribution in [1.82, 2.24) is 9.80 Å². The molecule has 1 saturated heterocycles. The van der Waals surface area contributed by atoms with E-state index >= 15 is 0 Å². The van der Waals surface area contributed by atoms with E-state index in [4.69, 9.17) is 18.9 Å². The highest BCUT2D eigenvalue weighted by Gasteiger charge is 2.27. The minimum atomic E-state index is -0.645. The molecule has 12 nitrogen and oxygen atoms in total. The first-order valence-corrected chi connectivity index (χ1v) is 11.5. The van der Waals surface area contributed by atoms with E-state index in [-0.39, 0.29) is 72.1 Å². The summed E-state index contributed by atoms with van der Waals surface area (Å²) in [6.07, 6.45) is 0. The minimum absolute atomic E-state index is 0.00695. The molecule has 0 atom stereocenters. The van der Waals surface area contributed by atoms with Gasteiger partial charge in [-0.15, -0.1) is 0 Å². The number of benzene rings is 2. The first-order valence-electron chi connectivity index (χ1n) is 11.5. The number of carbonyl (C=O) groups excluding carboxylic acids is 6. The van der Waals surface area contributed by atoms with Gasteiger partial charge in [-0.05, 0) is 36.4 Å². The Morgan fingerprint density at radius 1 is 0.500 bits per heavy atom. The van der Waals surface area contributed by atoms with E-state index in [1.165, 1.54) is 73.9 Å². The number of piperazine rings is 1. The number of carbonyl (C=O) groups is 6. The molecule has 0 radical (unpaired) electrons. The Balaban J connectivity index is 1.71. The van der Waals surface area contributed by atoms with Crippen molar-refractivity contribution in [2.24, 2.45) is 0 Å². The molecule has 0 aromatic heterocycles. The van der Waals surface area contributed by atoms with Crippen LogP contribution in [0.5, 0.6) is 23.0 Å². The van der Waals surface area contributed by atoms with Crippen molar-refractivity contribution in [2.45, 2.75) is 27.7 Å². The molecule has 12 heteroatoms. The fraction of sp³-hybridized carbons (Fsp3) is 0.308. The molecule has 3 rings (SSSR count). The Hall–Kier alpha value is -4.74. The molecule has 1 heterocycles. The summed E-state index contributed by atoms with van der Waals surface area (Å²) in [4.78, 5) is 74.8. The SMILES string of the molecule is CC(=O)Oc1ccc(C(=O)N2CCN(C(=O)c3ccc(OC(C)=O)c(OC(C)=O)c3)CC2)cc1OC(C)=O. The summed E-state index contributed by atoms with van der Waals surface area (Å²) in [6.45, 7) is 5.65. The second-order valence-corrected chi connectivity index (χ2v) is 8.28. The standard InChI is InChI=1S/C26H26N2O10/c1-15(29)35-21-7-5-19(13-23(21)37-17(3)31)25(33)27-9-11-28(12-10-27)26(34)20-6-8-22(36-16(2)30)24(14-20)38-18(4)32/h5-8,13-14H,9-12H2,1-4H3. The smallest absolute Gasteiger partial charge is 0.308 e. The van der Waals surface area contributed by atoms with Gasteiger partial charge in [0.2, 0.25) is 0 Å². The third kappa shape index (κ3) is 7.15. The molecule has 2 aromatic rings. The summed E-state index contributed by atoms with van der Waals surface area (Å²) in [7, 11) is 0. The van der Waals surface area contributed by atoms with Crippen LogP contribution in [0.4, 0.5) is 0 Å². The first-order chi connectivity index (χ1) is 17.9. The zero-order valence-electron chi connectivity index (χ0n) is 21.3. The number of rotatable bonds is 6. The molecule has 2 amide bonds. The summed E-state index contributed by atoms with van der Waals surface area (Å²) in [6, 6.07) is 8.28. The van der Waals surface area contributed by atoms with E-state index in [2.05, 4.69) is 0 Å². The van der Waals surface area contributed by atoms with Crippen molar-refractivity contribution >= 4 is 35.7 Å². The molecule has 2 aromatic carbocycles. The van der Waals surface area contributed by atoms with Crippen molar-refractivity contribution < 1.29 is 47.7 Å². The lowest BCUT2D eigenvalue weighted by molar-refractivity contribution is -0.134. The van der Waals surface area contributed by atoms with Crippen LogP contribution < -0.4 is 18.9 Å². The van der Waals surface area contributed by atoms with Gasteiger partial charge in [0.15, 0.2) is 23.0 Å². The minimum Gasteiger partial charge on any atom is -0.423 e. The Labute approximate surface area is 218 Å². The van der Waals surface area contributed by atoms with Gasteiger partial charge in [-0.1, -0.05) is 0 Å². The van der Waals surface area contributed by atoms with Crippen molar-refractivity contribution in [2.75, 3.05) is 26.2 Å². The van der Waals surface area contributed by atoms with Gasteiger partial charge < -0.3 is 28.7 Å². The lowest BCUT2D eigenvalue weighted by Crippen LogP contribution is -2.50. The van der Waals surface area contributed by atoms with Gasteiger partial charge in [-0.3, -0.25) is 28.8 Å². The Morgan fingerprint density at radius 3 is 1.08 bits per heavy atom. The fourth-order valence-electron chi connectivity index (χ4n) is 3.71. The predicted molar refractivity (Wildman–Crippen MR) is 130 cm³/mol. The summed E-state index contributed by atoms with van der Waals surface area (Å²) >= 11 is 0. The number of ether oxygens (including phenoxy) is 4. The average Bonchev–Trinajstić information content (AvgIpc) is 2.84. The topological polar surface area (TPSA) is 146 Å². The van der Waals surface area contributed by atoms with Gasteiger partial charge in [-0.25, -0.2) is 0 Å². The molecule has 38 heavy (non-hydrogen) atoms. The van der Waals surface area contributed by atoms with E-state index in [0.29, 0.717) is 0 Å². The molecule has 1 aliphatic rings. The lowest BCUT2D eigenvalue weighted by Gasteiger charge is -2.35. The van der Waals surface area contributed by atoms with Gasteiger partial charge in [-0.2, -0.15) is 0 Å². The molecule has 0 saturated carbocycles. The largest absolute Gasteiger partial charge is 0.423 e. The number of hydrogen-bond acceptors (Lipinski definition) is 10. The van der Waals surface area contributed by atoms with Crippen LogP contribution in [-0.4, -0.2) is 71.7 Å². The summed E-state index contributed by atoms with van der Waals surface area (Å²) in [5.41, 5.74) is 0.424. The van der Waals surface area contributed by atoms with Gasteiger partial charge in [0.05, 0.1) is 0 Å². The van der Waals surface area contributed by atoms with Gasteiger partial charge in [0.25, 0.3) is 11.8 Å². The van der Waals surface area contributed by atoms with Crippen molar-refractivity contribution in [3.05, 3.63) is 47.5 Å². The second-order valence-electron chi connectivity index (χ2n) is 8.28. The number of hydrogen-bond donors (Lipinski definition) is 0.